The molecular formula is C11H16FN. The summed E-state index contributed by atoms with van der Waals surface area (Å²) in [7, 11) is 0. The topological polar surface area (TPSA) is 26.0 Å². The molecule has 0 aromatic heterocycles. The maximum Gasteiger partial charge on any atom is 0.128 e. The second kappa shape index (κ2) is 4.38. The first-order valence-electron chi connectivity index (χ1n) is 4.67. The van der Waals surface area contributed by atoms with Crippen molar-refractivity contribution in [1.29, 1.82) is 0 Å². The molecule has 1 unspecified atom stereocenters. The van der Waals surface area contributed by atoms with E-state index in [1.54, 1.807) is 6.07 Å². The lowest BCUT2D eigenvalue weighted by atomic mass is 9.98. The van der Waals surface area contributed by atoms with Crippen molar-refractivity contribution in [3.63, 3.8) is 0 Å². The van der Waals surface area contributed by atoms with Crippen LogP contribution < -0.4 is 5.73 Å². The van der Waals surface area contributed by atoms with Gasteiger partial charge in [0.25, 0.3) is 0 Å². The highest BCUT2D eigenvalue weighted by atomic mass is 19.1. The van der Waals surface area contributed by atoms with Crippen LogP contribution in [0.3, 0.4) is 0 Å². The molecule has 72 valence electrons. The average Bonchev–Trinajstić information content (AvgIpc) is 2.04. The normalized spacial score (nSPS) is 12.9. The lowest BCUT2D eigenvalue weighted by molar-refractivity contribution is 0.557. The van der Waals surface area contributed by atoms with Crippen LogP contribution in [0.2, 0.25) is 0 Å². The number of benzene rings is 1. The van der Waals surface area contributed by atoms with Crippen LogP contribution in [0, 0.1) is 12.7 Å². The molecule has 2 heteroatoms. The molecule has 1 rings (SSSR count). The summed E-state index contributed by atoms with van der Waals surface area (Å²) >= 11 is 0. The van der Waals surface area contributed by atoms with Crippen molar-refractivity contribution < 1.29 is 4.39 Å². The van der Waals surface area contributed by atoms with Gasteiger partial charge in [-0.2, -0.15) is 0 Å². The van der Waals surface area contributed by atoms with E-state index < -0.39 is 0 Å². The van der Waals surface area contributed by atoms with Crippen LogP contribution in [-0.2, 0) is 0 Å². The van der Waals surface area contributed by atoms with E-state index in [1.807, 2.05) is 13.0 Å². The van der Waals surface area contributed by atoms with Crippen LogP contribution in [-0.4, -0.2) is 0 Å². The van der Waals surface area contributed by atoms with Crippen LogP contribution in [0.15, 0.2) is 18.2 Å². The SMILES string of the molecule is CCCC(N)c1c(C)cccc1F. The van der Waals surface area contributed by atoms with Gasteiger partial charge in [-0.25, -0.2) is 4.39 Å². The Bertz CT molecular complexity index is 263. The molecular weight excluding hydrogens is 165 g/mol. The van der Waals surface area contributed by atoms with Crippen LogP contribution in [0.5, 0.6) is 0 Å². The van der Waals surface area contributed by atoms with E-state index in [4.69, 9.17) is 5.73 Å². The van der Waals surface area contributed by atoms with Crippen molar-refractivity contribution in [3.8, 4) is 0 Å². The van der Waals surface area contributed by atoms with Crippen molar-refractivity contribution >= 4 is 0 Å². The fourth-order valence-corrected chi connectivity index (χ4v) is 1.57. The first kappa shape index (κ1) is 10.2. The zero-order valence-corrected chi connectivity index (χ0v) is 8.18. The van der Waals surface area contributed by atoms with E-state index in [9.17, 15) is 4.39 Å². The van der Waals surface area contributed by atoms with Gasteiger partial charge in [0.2, 0.25) is 0 Å². The van der Waals surface area contributed by atoms with Gasteiger partial charge in [0.1, 0.15) is 5.82 Å². The first-order chi connectivity index (χ1) is 6.16. The summed E-state index contributed by atoms with van der Waals surface area (Å²) in [5.74, 6) is -0.180. The second-order valence-electron chi connectivity index (χ2n) is 3.37. The van der Waals surface area contributed by atoms with Gasteiger partial charge in [-0.1, -0.05) is 25.5 Å². The highest BCUT2D eigenvalue weighted by Gasteiger charge is 2.12. The number of halogens is 1. The van der Waals surface area contributed by atoms with Crippen molar-refractivity contribution in [3.05, 3.63) is 35.1 Å². The molecule has 1 aromatic rings. The van der Waals surface area contributed by atoms with Gasteiger partial charge in [0.15, 0.2) is 0 Å². The van der Waals surface area contributed by atoms with Crippen molar-refractivity contribution in [2.24, 2.45) is 5.73 Å². The Kier molecular flexibility index (Phi) is 3.43. The maximum absolute atomic E-state index is 13.3. The summed E-state index contributed by atoms with van der Waals surface area (Å²) in [6.45, 7) is 3.95. The Labute approximate surface area is 78.8 Å². The lowest BCUT2D eigenvalue weighted by Crippen LogP contribution is -2.13. The highest BCUT2D eigenvalue weighted by Crippen LogP contribution is 2.22. The van der Waals surface area contributed by atoms with Crippen molar-refractivity contribution in [1.82, 2.24) is 0 Å². The minimum absolute atomic E-state index is 0.161. The second-order valence-corrected chi connectivity index (χ2v) is 3.37. The molecule has 0 radical (unpaired) electrons. The molecule has 0 aliphatic rings. The average molecular weight is 181 g/mol. The zero-order chi connectivity index (χ0) is 9.84. The van der Waals surface area contributed by atoms with Crippen LogP contribution >= 0.6 is 0 Å². The summed E-state index contributed by atoms with van der Waals surface area (Å²) in [5.41, 5.74) is 7.48. The number of hydrogen-bond acceptors (Lipinski definition) is 1. The minimum atomic E-state index is -0.180. The Hall–Kier alpha value is -0.890. The van der Waals surface area contributed by atoms with Gasteiger partial charge in [-0.3, -0.25) is 0 Å². The molecule has 0 saturated heterocycles. The Morgan fingerprint density at radius 1 is 1.46 bits per heavy atom. The minimum Gasteiger partial charge on any atom is -0.324 e. The summed E-state index contributed by atoms with van der Waals surface area (Å²) in [4.78, 5) is 0. The predicted molar refractivity (Wildman–Crippen MR) is 53.0 cm³/mol. The number of nitrogens with two attached hydrogens (primary N) is 1. The molecule has 0 spiro atoms. The molecule has 1 nitrogen and oxygen atoms in total. The summed E-state index contributed by atoms with van der Waals surface area (Å²) in [6.07, 6.45) is 1.82. The Balaban J connectivity index is 2.98. The molecule has 0 saturated carbocycles. The molecule has 0 heterocycles. The molecule has 0 bridgehead atoms. The van der Waals surface area contributed by atoms with E-state index >= 15 is 0 Å². The molecule has 0 fully saturated rings. The lowest BCUT2D eigenvalue weighted by Gasteiger charge is -2.14. The van der Waals surface area contributed by atoms with E-state index in [2.05, 4.69) is 6.92 Å². The van der Waals surface area contributed by atoms with Crippen LogP contribution in [0.25, 0.3) is 0 Å². The highest BCUT2D eigenvalue weighted by molar-refractivity contribution is 5.29. The fourth-order valence-electron chi connectivity index (χ4n) is 1.57. The van der Waals surface area contributed by atoms with Crippen molar-refractivity contribution in [2.45, 2.75) is 32.7 Å². The molecule has 2 N–H and O–H groups in total. The summed E-state index contributed by atoms with van der Waals surface area (Å²) in [5, 5.41) is 0. The molecule has 13 heavy (non-hydrogen) atoms. The summed E-state index contributed by atoms with van der Waals surface area (Å²) < 4.78 is 13.3. The third-order valence-corrected chi connectivity index (χ3v) is 2.24. The van der Waals surface area contributed by atoms with Gasteiger partial charge >= 0.3 is 0 Å². The molecule has 0 aliphatic carbocycles. The molecule has 1 atom stereocenters. The monoisotopic (exact) mass is 181 g/mol. The van der Waals surface area contributed by atoms with Crippen LogP contribution in [0.1, 0.15) is 36.9 Å². The first-order valence-corrected chi connectivity index (χ1v) is 4.67. The van der Waals surface area contributed by atoms with Gasteiger partial charge in [-0.15, -0.1) is 0 Å². The Morgan fingerprint density at radius 2 is 2.15 bits per heavy atom. The fraction of sp³-hybridized carbons (Fsp3) is 0.455. The quantitative estimate of drug-likeness (QED) is 0.762. The zero-order valence-electron chi connectivity index (χ0n) is 8.18. The maximum atomic E-state index is 13.3. The molecule has 0 amide bonds. The smallest absolute Gasteiger partial charge is 0.128 e. The molecule has 0 aliphatic heterocycles. The number of rotatable bonds is 3. The predicted octanol–water partition coefficient (Wildman–Crippen LogP) is 2.93. The number of aryl methyl sites for hydroxylation is 1. The van der Waals surface area contributed by atoms with Gasteiger partial charge < -0.3 is 5.73 Å². The Morgan fingerprint density at radius 3 is 2.69 bits per heavy atom. The van der Waals surface area contributed by atoms with Gasteiger partial charge in [0.05, 0.1) is 0 Å². The standard InChI is InChI=1S/C11H16FN/c1-3-5-10(13)11-8(2)6-4-7-9(11)12/h4,6-7,10H,3,5,13H2,1-2H3. The van der Waals surface area contributed by atoms with Gasteiger partial charge in [-0.05, 0) is 25.0 Å². The van der Waals surface area contributed by atoms with E-state index in [0.717, 1.165) is 18.4 Å². The van der Waals surface area contributed by atoms with E-state index in [0.29, 0.717) is 5.56 Å². The summed E-state index contributed by atoms with van der Waals surface area (Å²) in [6, 6.07) is 4.92. The number of hydrogen-bond donors (Lipinski definition) is 1. The van der Waals surface area contributed by atoms with Gasteiger partial charge in [0, 0.05) is 11.6 Å². The largest absolute Gasteiger partial charge is 0.324 e. The van der Waals surface area contributed by atoms with Crippen LogP contribution in [0.4, 0.5) is 4.39 Å². The molecule has 1 aromatic carbocycles. The van der Waals surface area contributed by atoms with E-state index in [-0.39, 0.29) is 11.9 Å². The van der Waals surface area contributed by atoms with Crippen molar-refractivity contribution in [2.75, 3.05) is 0 Å². The third-order valence-electron chi connectivity index (χ3n) is 2.24. The van der Waals surface area contributed by atoms with E-state index in [1.165, 1.54) is 6.07 Å². The third kappa shape index (κ3) is 2.28.